The van der Waals surface area contributed by atoms with Crippen LogP contribution in [0.25, 0.3) is 11.1 Å². The van der Waals surface area contributed by atoms with Gasteiger partial charge in [-0.15, -0.1) is 0 Å². The van der Waals surface area contributed by atoms with Crippen LogP contribution in [0.3, 0.4) is 0 Å². The van der Waals surface area contributed by atoms with Gasteiger partial charge in [-0.05, 0) is 41.4 Å². The highest BCUT2D eigenvalue weighted by molar-refractivity contribution is 5.94. The van der Waals surface area contributed by atoms with Crippen molar-refractivity contribution in [3.05, 3.63) is 59.2 Å². The summed E-state index contributed by atoms with van der Waals surface area (Å²) in [6.07, 6.45) is -4.45. The van der Waals surface area contributed by atoms with Crippen LogP contribution in [0.1, 0.15) is 28.4 Å². The zero-order valence-corrected chi connectivity index (χ0v) is 15.8. The number of carbonyl (C=O) groups is 1. The Kier molecular flexibility index (Phi) is 6.05. The fourth-order valence-corrected chi connectivity index (χ4v) is 3.51. The van der Waals surface area contributed by atoms with Gasteiger partial charge < -0.3 is 10.6 Å². The van der Waals surface area contributed by atoms with Crippen LogP contribution in [0.5, 0.6) is 0 Å². The lowest BCUT2D eigenvalue weighted by atomic mass is 9.97. The minimum atomic E-state index is -4.45. The lowest BCUT2D eigenvalue weighted by Crippen LogP contribution is -2.45. The van der Waals surface area contributed by atoms with Gasteiger partial charge in [-0.25, -0.2) is 0 Å². The third-order valence-electron chi connectivity index (χ3n) is 5.20. The number of nitrogens with two attached hydrogens (primary N) is 1. The molecule has 7 heteroatoms. The van der Waals surface area contributed by atoms with Crippen LogP contribution >= 0.6 is 0 Å². The van der Waals surface area contributed by atoms with Gasteiger partial charge in [0.1, 0.15) is 0 Å². The number of piperazine rings is 1. The van der Waals surface area contributed by atoms with Crippen molar-refractivity contribution in [2.45, 2.75) is 19.6 Å². The van der Waals surface area contributed by atoms with Crippen molar-refractivity contribution in [1.82, 2.24) is 9.80 Å². The molecular weight excluding hydrogens is 367 g/mol. The summed E-state index contributed by atoms with van der Waals surface area (Å²) in [6, 6.07) is 10.7. The number of amides is 1. The summed E-state index contributed by atoms with van der Waals surface area (Å²) in [7, 11) is 0. The quantitative estimate of drug-likeness (QED) is 0.847. The Morgan fingerprint density at radius 1 is 1.00 bits per heavy atom. The molecule has 0 aromatic heterocycles. The first kappa shape index (κ1) is 20.4. The normalized spacial score (nSPS) is 16.3. The first-order chi connectivity index (χ1) is 13.3. The molecule has 0 unspecified atom stereocenters. The first-order valence-corrected chi connectivity index (χ1v) is 9.33. The highest BCUT2D eigenvalue weighted by Crippen LogP contribution is 2.36. The summed E-state index contributed by atoms with van der Waals surface area (Å²) in [5.74, 6) is -0.610. The molecule has 28 heavy (non-hydrogen) atoms. The third kappa shape index (κ3) is 4.72. The highest BCUT2D eigenvalue weighted by atomic mass is 19.4. The van der Waals surface area contributed by atoms with Crippen molar-refractivity contribution in [3.8, 4) is 11.1 Å². The second kappa shape index (κ2) is 8.32. The van der Waals surface area contributed by atoms with Gasteiger partial charge in [0.15, 0.2) is 0 Å². The van der Waals surface area contributed by atoms with Crippen molar-refractivity contribution >= 4 is 5.91 Å². The van der Waals surface area contributed by atoms with Crippen molar-refractivity contribution in [3.63, 3.8) is 0 Å². The molecule has 1 amide bonds. The SMILES string of the molecule is CCN1CCN(Cc2ccc(-c3cccc(C(N)=O)c3)cc2C(F)(F)F)CC1. The molecule has 0 radical (unpaired) electrons. The zero-order valence-electron chi connectivity index (χ0n) is 15.8. The third-order valence-corrected chi connectivity index (χ3v) is 5.20. The van der Waals surface area contributed by atoms with Gasteiger partial charge in [0.25, 0.3) is 0 Å². The zero-order chi connectivity index (χ0) is 20.3. The molecular formula is C21H24F3N3O. The van der Waals surface area contributed by atoms with E-state index in [0.717, 1.165) is 38.8 Å². The second-order valence-corrected chi connectivity index (χ2v) is 7.03. The van der Waals surface area contributed by atoms with Crippen LogP contribution in [-0.2, 0) is 12.7 Å². The van der Waals surface area contributed by atoms with E-state index in [1.807, 2.05) is 0 Å². The Hall–Kier alpha value is -2.38. The van der Waals surface area contributed by atoms with Crippen LogP contribution in [-0.4, -0.2) is 48.4 Å². The summed E-state index contributed by atoms with van der Waals surface area (Å²) in [6.45, 7) is 6.57. The number of likely N-dealkylation sites (N-methyl/N-ethyl adjacent to an activating group) is 1. The minimum Gasteiger partial charge on any atom is -0.366 e. The molecule has 1 aliphatic heterocycles. The van der Waals surface area contributed by atoms with Crippen LogP contribution in [0.15, 0.2) is 42.5 Å². The van der Waals surface area contributed by atoms with E-state index in [2.05, 4.69) is 16.7 Å². The summed E-state index contributed by atoms with van der Waals surface area (Å²) in [5, 5.41) is 0. The molecule has 2 aromatic carbocycles. The number of alkyl halides is 3. The minimum absolute atomic E-state index is 0.268. The lowest BCUT2D eigenvalue weighted by molar-refractivity contribution is -0.138. The number of hydrogen-bond acceptors (Lipinski definition) is 3. The van der Waals surface area contributed by atoms with Gasteiger partial charge in [0, 0.05) is 38.3 Å². The van der Waals surface area contributed by atoms with Crippen molar-refractivity contribution in [2.75, 3.05) is 32.7 Å². The van der Waals surface area contributed by atoms with E-state index in [1.54, 1.807) is 30.3 Å². The molecule has 1 saturated heterocycles. The summed E-state index contributed by atoms with van der Waals surface area (Å²) < 4.78 is 41.2. The van der Waals surface area contributed by atoms with Crippen LogP contribution < -0.4 is 5.73 Å². The first-order valence-electron chi connectivity index (χ1n) is 9.33. The van der Waals surface area contributed by atoms with Gasteiger partial charge in [-0.1, -0.05) is 31.2 Å². The molecule has 3 rings (SSSR count). The Balaban J connectivity index is 1.88. The number of benzene rings is 2. The van der Waals surface area contributed by atoms with Gasteiger partial charge in [-0.3, -0.25) is 9.69 Å². The molecule has 2 aromatic rings. The maximum atomic E-state index is 13.7. The summed E-state index contributed by atoms with van der Waals surface area (Å²) in [4.78, 5) is 15.7. The summed E-state index contributed by atoms with van der Waals surface area (Å²) in [5.41, 5.74) is 6.13. The van der Waals surface area contributed by atoms with E-state index < -0.39 is 17.6 Å². The van der Waals surface area contributed by atoms with Gasteiger partial charge in [-0.2, -0.15) is 13.2 Å². The fraction of sp³-hybridized carbons (Fsp3) is 0.381. The van der Waals surface area contributed by atoms with Crippen molar-refractivity contribution in [1.29, 1.82) is 0 Å². The predicted octanol–water partition coefficient (Wildman–Crippen LogP) is 3.61. The average molecular weight is 391 g/mol. The molecule has 0 saturated carbocycles. The summed E-state index contributed by atoms with van der Waals surface area (Å²) >= 11 is 0. The molecule has 0 spiro atoms. The van der Waals surface area contributed by atoms with Crippen molar-refractivity contribution < 1.29 is 18.0 Å². The second-order valence-electron chi connectivity index (χ2n) is 7.03. The van der Waals surface area contributed by atoms with Crippen LogP contribution in [0, 0.1) is 0 Å². The molecule has 1 aliphatic rings. The Labute approximate surface area is 162 Å². The van der Waals surface area contributed by atoms with Crippen molar-refractivity contribution in [2.24, 2.45) is 5.73 Å². The van der Waals surface area contributed by atoms with E-state index >= 15 is 0 Å². The molecule has 4 nitrogen and oxygen atoms in total. The largest absolute Gasteiger partial charge is 0.416 e. The van der Waals surface area contributed by atoms with Gasteiger partial charge in [0.05, 0.1) is 5.56 Å². The molecule has 0 atom stereocenters. The molecule has 150 valence electrons. The number of rotatable bonds is 5. The molecule has 0 bridgehead atoms. The standard InChI is InChI=1S/C21H24F3N3O/c1-2-26-8-10-27(11-9-26)14-18-7-6-16(13-19(18)21(22,23)24)15-4-3-5-17(12-15)20(25)28/h3-7,12-13H,2,8-11,14H2,1H3,(H2,25,28). The molecule has 0 aliphatic carbocycles. The number of primary amides is 1. The smallest absolute Gasteiger partial charge is 0.366 e. The van der Waals surface area contributed by atoms with Gasteiger partial charge in [0.2, 0.25) is 5.91 Å². The van der Waals surface area contributed by atoms with E-state index in [4.69, 9.17) is 5.73 Å². The average Bonchev–Trinajstić information content (AvgIpc) is 2.68. The number of carbonyl (C=O) groups excluding carboxylic acids is 1. The van der Waals surface area contributed by atoms with Gasteiger partial charge >= 0.3 is 6.18 Å². The maximum Gasteiger partial charge on any atom is 0.416 e. The van der Waals surface area contributed by atoms with E-state index in [-0.39, 0.29) is 17.7 Å². The Morgan fingerprint density at radius 2 is 1.64 bits per heavy atom. The molecule has 2 N–H and O–H groups in total. The Morgan fingerprint density at radius 3 is 2.25 bits per heavy atom. The van der Waals surface area contributed by atoms with Crippen LogP contribution in [0.2, 0.25) is 0 Å². The molecule has 1 heterocycles. The van der Waals surface area contributed by atoms with E-state index in [1.165, 1.54) is 6.07 Å². The van der Waals surface area contributed by atoms with E-state index in [9.17, 15) is 18.0 Å². The highest BCUT2D eigenvalue weighted by Gasteiger charge is 2.34. The lowest BCUT2D eigenvalue weighted by Gasteiger charge is -2.34. The maximum absolute atomic E-state index is 13.7. The molecule has 1 fully saturated rings. The predicted molar refractivity (Wildman–Crippen MR) is 103 cm³/mol. The Bertz CT molecular complexity index is 843. The number of halogens is 3. The fourth-order valence-electron chi connectivity index (χ4n) is 3.51. The number of nitrogens with zero attached hydrogens (tertiary/aromatic N) is 2. The topological polar surface area (TPSA) is 49.6 Å². The van der Waals surface area contributed by atoms with E-state index in [0.29, 0.717) is 11.1 Å². The number of hydrogen-bond donors (Lipinski definition) is 1. The van der Waals surface area contributed by atoms with Crippen LogP contribution in [0.4, 0.5) is 13.2 Å². The monoisotopic (exact) mass is 391 g/mol.